The molecule has 3 rings (SSSR count). The quantitative estimate of drug-likeness (QED) is 0.218. The molecule has 0 amide bonds. The Morgan fingerprint density at radius 1 is 0.862 bits per heavy atom. The van der Waals surface area contributed by atoms with E-state index in [0.29, 0.717) is 30.5 Å². The molecule has 150 valence electrons. The molecular weight excluding hydrogens is 502 g/mol. The topological polar surface area (TPSA) is 60.3 Å². The van der Waals surface area contributed by atoms with Gasteiger partial charge in [-0.25, -0.2) is 0 Å². The third kappa shape index (κ3) is 5.74. The van der Waals surface area contributed by atoms with Crippen molar-refractivity contribution in [1.82, 2.24) is 0 Å². The van der Waals surface area contributed by atoms with Gasteiger partial charge in [0.1, 0.15) is 19.0 Å². The van der Waals surface area contributed by atoms with Crippen molar-refractivity contribution in [3.8, 4) is 17.2 Å². The van der Waals surface area contributed by atoms with Gasteiger partial charge in [-0.2, -0.15) is 0 Å². The first-order valence-corrected chi connectivity index (χ1v) is 10.3. The van der Waals surface area contributed by atoms with Gasteiger partial charge in [-0.3, -0.25) is 0 Å². The predicted octanol–water partition coefficient (Wildman–Crippen LogP) is 6.19. The molecule has 0 aliphatic heterocycles. The second-order valence-corrected chi connectivity index (χ2v) is 7.82. The maximum absolute atomic E-state index is 8.68. The molecule has 7 heteroatoms. The van der Waals surface area contributed by atoms with Crippen LogP contribution >= 0.6 is 31.9 Å². The van der Waals surface area contributed by atoms with E-state index < -0.39 is 0 Å². The predicted molar refractivity (Wildman–Crippen MR) is 119 cm³/mol. The summed E-state index contributed by atoms with van der Waals surface area (Å²) in [6.45, 7) is 0.816. The molecule has 0 spiro atoms. The first-order chi connectivity index (χ1) is 14.1. The summed E-state index contributed by atoms with van der Waals surface area (Å²) in [6, 6.07) is 19.3. The van der Waals surface area contributed by atoms with E-state index >= 15 is 0 Å². The highest BCUT2D eigenvalue weighted by atomic mass is 79.9. The van der Waals surface area contributed by atoms with Gasteiger partial charge in [-0.05, 0) is 72.8 Å². The van der Waals surface area contributed by atoms with Gasteiger partial charge in [0.15, 0.2) is 11.5 Å². The summed E-state index contributed by atoms with van der Waals surface area (Å²) in [5.41, 5.74) is 2.76. The molecule has 29 heavy (non-hydrogen) atoms. The van der Waals surface area contributed by atoms with Gasteiger partial charge < -0.3 is 19.4 Å². The minimum Gasteiger partial charge on any atom is -0.493 e. The van der Waals surface area contributed by atoms with Crippen LogP contribution in [0.3, 0.4) is 0 Å². The van der Waals surface area contributed by atoms with Gasteiger partial charge in [0.2, 0.25) is 0 Å². The Kier molecular flexibility index (Phi) is 7.55. The number of ether oxygens (including phenoxy) is 3. The summed E-state index contributed by atoms with van der Waals surface area (Å²) in [6.07, 6.45) is 1.35. The zero-order valence-electron chi connectivity index (χ0n) is 15.6. The van der Waals surface area contributed by atoms with Gasteiger partial charge in [-0.1, -0.05) is 41.6 Å². The van der Waals surface area contributed by atoms with E-state index in [1.807, 2.05) is 48.5 Å². The molecule has 0 fully saturated rings. The Bertz CT molecular complexity index is 970. The van der Waals surface area contributed by atoms with Crippen LogP contribution in [0.2, 0.25) is 0 Å². The van der Waals surface area contributed by atoms with Crippen molar-refractivity contribution in [2.75, 3.05) is 7.11 Å². The maximum atomic E-state index is 8.68. The first kappa shape index (κ1) is 21.2. The van der Waals surface area contributed by atoms with Crippen molar-refractivity contribution in [3.63, 3.8) is 0 Å². The summed E-state index contributed by atoms with van der Waals surface area (Å²) in [5.74, 6) is 1.98. The summed E-state index contributed by atoms with van der Waals surface area (Å²) in [7, 11) is 1.62. The third-order valence-electron chi connectivity index (χ3n) is 4.08. The van der Waals surface area contributed by atoms with Gasteiger partial charge in [0.25, 0.3) is 0 Å². The number of halogens is 2. The number of rotatable bonds is 8. The van der Waals surface area contributed by atoms with E-state index in [1.165, 1.54) is 6.21 Å². The van der Waals surface area contributed by atoms with E-state index in [4.69, 9.17) is 19.4 Å². The minimum absolute atomic E-state index is 0.347. The van der Waals surface area contributed by atoms with Crippen LogP contribution in [0, 0.1) is 0 Å². The average molecular weight is 521 g/mol. The molecule has 5 nitrogen and oxygen atoms in total. The van der Waals surface area contributed by atoms with Crippen LogP contribution < -0.4 is 14.2 Å². The highest BCUT2D eigenvalue weighted by molar-refractivity contribution is 9.11. The van der Waals surface area contributed by atoms with Crippen LogP contribution in [-0.4, -0.2) is 18.5 Å². The van der Waals surface area contributed by atoms with E-state index in [2.05, 4.69) is 37.0 Å². The molecule has 0 aromatic heterocycles. The fraction of sp³-hybridized carbons (Fsp3) is 0.136. The number of benzene rings is 3. The summed E-state index contributed by atoms with van der Waals surface area (Å²) >= 11 is 6.96. The molecule has 0 heterocycles. The van der Waals surface area contributed by atoms with Crippen molar-refractivity contribution in [3.05, 3.63) is 86.3 Å². The van der Waals surface area contributed by atoms with Crippen molar-refractivity contribution in [1.29, 1.82) is 0 Å². The molecule has 0 aliphatic carbocycles. The second-order valence-electron chi connectivity index (χ2n) is 6.11. The largest absolute Gasteiger partial charge is 0.493 e. The number of nitrogens with zero attached hydrogens (tertiary/aromatic N) is 1. The van der Waals surface area contributed by atoms with Gasteiger partial charge in [-0.15, -0.1) is 0 Å². The lowest BCUT2D eigenvalue weighted by molar-refractivity contribution is 0.281. The van der Waals surface area contributed by atoms with E-state index in [-0.39, 0.29) is 0 Å². The second kappa shape index (κ2) is 10.3. The van der Waals surface area contributed by atoms with Crippen LogP contribution in [0.5, 0.6) is 17.2 Å². The van der Waals surface area contributed by atoms with Crippen molar-refractivity contribution in [2.24, 2.45) is 5.16 Å². The Morgan fingerprint density at radius 3 is 2.21 bits per heavy atom. The van der Waals surface area contributed by atoms with Crippen molar-refractivity contribution < 1.29 is 19.4 Å². The molecular formula is C22H19Br2NO4. The Labute approximate surface area is 186 Å². The summed E-state index contributed by atoms with van der Waals surface area (Å²) in [5, 5.41) is 11.7. The number of methoxy groups -OCH3 is 1. The molecule has 0 atom stereocenters. The highest BCUT2D eigenvalue weighted by Crippen LogP contribution is 2.36. The third-order valence-corrected chi connectivity index (χ3v) is 5.25. The molecule has 3 aromatic carbocycles. The maximum Gasteiger partial charge on any atom is 0.161 e. The Balaban J connectivity index is 1.69. The van der Waals surface area contributed by atoms with Crippen LogP contribution in [0.4, 0.5) is 0 Å². The number of oxime groups is 1. The SMILES string of the molecule is COc1cc(COc2c(Br)cc(/C=N/O)cc2Br)ccc1OCc1ccccc1. The summed E-state index contributed by atoms with van der Waals surface area (Å²) < 4.78 is 18.8. The van der Waals surface area contributed by atoms with Crippen molar-refractivity contribution >= 4 is 38.1 Å². The van der Waals surface area contributed by atoms with Crippen molar-refractivity contribution in [2.45, 2.75) is 13.2 Å². The normalized spacial score (nSPS) is 10.9. The minimum atomic E-state index is 0.347. The smallest absolute Gasteiger partial charge is 0.161 e. The van der Waals surface area contributed by atoms with Crippen LogP contribution in [0.1, 0.15) is 16.7 Å². The average Bonchev–Trinajstić information content (AvgIpc) is 2.73. The number of hydrogen-bond acceptors (Lipinski definition) is 5. The highest BCUT2D eigenvalue weighted by Gasteiger charge is 2.11. The zero-order valence-corrected chi connectivity index (χ0v) is 18.8. The van der Waals surface area contributed by atoms with Gasteiger partial charge in [0, 0.05) is 0 Å². The van der Waals surface area contributed by atoms with Crippen LogP contribution in [0.25, 0.3) is 0 Å². The fourth-order valence-corrected chi connectivity index (χ4v) is 4.12. The monoisotopic (exact) mass is 519 g/mol. The Hall–Kier alpha value is -2.51. The van der Waals surface area contributed by atoms with Crippen LogP contribution in [0.15, 0.2) is 74.8 Å². The number of hydrogen-bond donors (Lipinski definition) is 1. The molecule has 3 aromatic rings. The van der Waals surface area contributed by atoms with Gasteiger partial charge >= 0.3 is 0 Å². The first-order valence-electron chi connectivity index (χ1n) is 8.73. The molecule has 0 bridgehead atoms. The van der Waals surface area contributed by atoms with E-state index in [0.717, 1.165) is 25.6 Å². The van der Waals surface area contributed by atoms with Crippen LogP contribution in [-0.2, 0) is 13.2 Å². The fourth-order valence-electron chi connectivity index (χ4n) is 2.67. The molecule has 0 unspecified atom stereocenters. The molecule has 0 saturated carbocycles. The molecule has 0 aliphatic rings. The van der Waals surface area contributed by atoms with E-state index in [1.54, 1.807) is 19.2 Å². The lowest BCUT2D eigenvalue weighted by Crippen LogP contribution is -2.01. The Morgan fingerprint density at radius 2 is 1.55 bits per heavy atom. The molecule has 1 N–H and O–H groups in total. The lowest BCUT2D eigenvalue weighted by Gasteiger charge is -2.14. The lowest BCUT2D eigenvalue weighted by atomic mass is 10.2. The molecule has 0 saturated heterocycles. The van der Waals surface area contributed by atoms with Gasteiger partial charge in [0.05, 0.1) is 22.3 Å². The standard InChI is InChI=1S/C22H19Br2NO4/c1-27-21-11-16(7-8-20(21)28-13-15-5-3-2-4-6-15)14-29-22-18(23)9-17(12-25-26)10-19(22)24/h2-12,26H,13-14H2,1H3/b25-12+. The molecule has 0 radical (unpaired) electrons. The zero-order chi connectivity index (χ0) is 20.6. The summed E-state index contributed by atoms with van der Waals surface area (Å²) in [4.78, 5) is 0. The van der Waals surface area contributed by atoms with E-state index in [9.17, 15) is 0 Å².